The third-order valence-electron chi connectivity index (χ3n) is 2.41. The minimum atomic E-state index is -0.142. The van der Waals surface area contributed by atoms with E-state index in [0.717, 1.165) is 6.42 Å². The first kappa shape index (κ1) is 9.72. The number of hydrogen-bond donors (Lipinski definition) is 0. The Balaban J connectivity index is 2.14. The Kier molecular flexibility index (Phi) is 3.73. The molecule has 0 saturated carbocycles. The molecule has 0 spiro atoms. The second kappa shape index (κ2) is 4.61. The molecule has 0 N–H and O–H groups in total. The van der Waals surface area contributed by atoms with E-state index >= 15 is 0 Å². The summed E-state index contributed by atoms with van der Waals surface area (Å²) in [4.78, 5) is 11.1. The SMILES string of the molecule is CCCCCC1CC(=O)C(C)O1. The summed E-state index contributed by atoms with van der Waals surface area (Å²) in [5.41, 5.74) is 0. The van der Waals surface area contributed by atoms with Gasteiger partial charge in [-0.05, 0) is 13.3 Å². The van der Waals surface area contributed by atoms with Crippen LogP contribution in [0.15, 0.2) is 0 Å². The lowest BCUT2D eigenvalue weighted by atomic mass is 10.1. The molecule has 2 atom stereocenters. The average Bonchev–Trinajstić information content (AvgIpc) is 2.32. The number of carbonyl (C=O) groups is 1. The zero-order valence-corrected chi connectivity index (χ0v) is 8.01. The highest BCUT2D eigenvalue weighted by Gasteiger charge is 2.28. The molecular weight excluding hydrogens is 152 g/mol. The van der Waals surface area contributed by atoms with E-state index in [0.29, 0.717) is 6.42 Å². The van der Waals surface area contributed by atoms with Gasteiger partial charge in [-0.3, -0.25) is 4.79 Å². The van der Waals surface area contributed by atoms with Crippen molar-refractivity contribution >= 4 is 5.78 Å². The van der Waals surface area contributed by atoms with Gasteiger partial charge in [0.1, 0.15) is 6.10 Å². The van der Waals surface area contributed by atoms with Crippen LogP contribution in [0.2, 0.25) is 0 Å². The van der Waals surface area contributed by atoms with Gasteiger partial charge in [-0.25, -0.2) is 0 Å². The summed E-state index contributed by atoms with van der Waals surface area (Å²) >= 11 is 0. The Morgan fingerprint density at radius 3 is 2.75 bits per heavy atom. The van der Waals surface area contributed by atoms with E-state index < -0.39 is 0 Å². The third-order valence-corrected chi connectivity index (χ3v) is 2.41. The standard InChI is InChI=1S/C10H18O2/c1-3-4-5-6-9-7-10(11)8(2)12-9/h8-9H,3-7H2,1-2H3. The summed E-state index contributed by atoms with van der Waals surface area (Å²) in [6.07, 6.45) is 5.46. The first-order valence-electron chi connectivity index (χ1n) is 4.92. The van der Waals surface area contributed by atoms with Crippen molar-refractivity contribution in [3.63, 3.8) is 0 Å². The molecule has 0 aromatic carbocycles. The fraction of sp³-hybridized carbons (Fsp3) is 0.900. The average molecular weight is 170 g/mol. The van der Waals surface area contributed by atoms with Gasteiger partial charge in [-0.15, -0.1) is 0 Å². The van der Waals surface area contributed by atoms with Crippen molar-refractivity contribution < 1.29 is 9.53 Å². The topological polar surface area (TPSA) is 26.3 Å². The van der Waals surface area contributed by atoms with Crippen LogP contribution in [0.25, 0.3) is 0 Å². The molecule has 0 bridgehead atoms. The fourth-order valence-electron chi connectivity index (χ4n) is 1.60. The zero-order valence-electron chi connectivity index (χ0n) is 8.01. The molecule has 1 heterocycles. The summed E-state index contributed by atoms with van der Waals surface area (Å²) in [6, 6.07) is 0. The highest BCUT2D eigenvalue weighted by Crippen LogP contribution is 2.20. The number of ketones is 1. The van der Waals surface area contributed by atoms with Gasteiger partial charge in [0.15, 0.2) is 5.78 Å². The van der Waals surface area contributed by atoms with Crippen LogP contribution in [0.4, 0.5) is 0 Å². The molecule has 70 valence electrons. The fourth-order valence-corrected chi connectivity index (χ4v) is 1.60. The highest BCUT2D eigenvalue weighted by atomic mass is 16.5. The normalized spacial score (nSPS) is 29.7. The second-order valence-corrected chi connectivity index (χ2v) is 3.57. The summed E-state index contributed by atoms with van der Waals surface area (Å²) in [5.74, 6) is 0.275. The zero-order chi connectivity index (χ0) is 8.97. The molecule has 1 saturated heterocycles. The monoisotopic (exact) mass is 170 g/mol. The molecule has 2 heteroatoms. The number of ether oxygens (including phenoxy) is 1. The summed E-state index contributed by atoms with van der Waals surface area (Å²) in [7, 11) is 0. The van der Waals surface area contributed by atoms with E-state index in [2.05, 4.69) is 6.92 Å². The quantitative estimate of drug-likeness (QED) is 0.605. The van der Waals surface area contributed by atoms with Crippen molar-refractivity contribution in [3.8, 4) is 0 Å². The summed E-state index contributed by atoms with van der Waals surface area (Å²) in [5, 5.41) is 0. The molecule has 0 aliphatic carbocycles. The molecule has 2 unspecified atom stereocenters. The van der Waals surface area contributed by atoms with E-state index in [9.17, 15) is 4.79 Å². The van der Waals surface area contributed by atoms with Crippen molar-refractivity contribution in [2.24, 2.45) is 0 Å². The summed E-state index contributed by atoms with van der Waals surface area (Å²) < 4.78 is 5.47. The van der Waals surface area contributed by atoms with Gasteiger partial charge in [0.25, 0.3) is 0 Å². The maximum Gasteiger partial charge on any atom is 0.163 e. The predicted molar refractivity (Wildman–Crippen MR) is 48.1 cm³/mol. The molecular formula is C10H18O2. The molecule has 1 aliphatic heterocycles. The van der Waals surface area contributed by atoms with Gasteiger partial charge in [0.05, 0.1) is 6.10 Å². The van der Waals surface area contributed by atoms with E-state index in [4.69, 9.17) is 4.74 Å². The van der Waals surface area contributed by atoms with Gasteiger partial charge in [0.2, 0.25) is 0 Å². The lowest BCUT2D eigenvalue weighted by molar-refractivity contribution is -0.121. The molecule has 1 aliphatic rings. The lowest BCUT2D eigenvalue weighted by Gasteiger charge is -2.08. The van der Waals surface area contributed by atoms with E-state index in [1.54, 1.807) is 0 Å². The van der Waals surface area contributed by atoms with Crippen molar-refractivity contribution in [2.75, 3.05) is 0 Å². The number of hydrogen-bond acceptors (Lipinski definition) is 2. The Labute approximate surface area is 74.3 Å². The molecule has 1 fully saturated rings. The van der Waals surface area contributed by atoms with Crippen molar-refractivity contribution in [1.29, 1.82) is 0 Å². The van der Waals surface area contributed by atoms with Crippen molar-refractivity contribution in [3.05, 3.63) is 0 Å². The number of carbonyl (C=O) groups excluding carboxylic acids is 1. The van der Waals surface area contributed by atoms with Crippen molar-refractivity contribution in [2.45, 2.75) is 58.2 Å². The lowest BCUT2D eigenvalue weighted by Crippen LogP contribution is -2.09. The van der Waals surface area contributed by atoms with Crippen LogP contribution in [0.1, 0.15) is 46.0 Å². The van der Waals surface area contributed by atoms with Crippen LogP contribution in [0.5, 0.6) is 0 Å². The molecule has 0 amide bonds. The smallest absolute Gasteiger partial charge is 0.163 e. The van der Waals surface area contributed by atoms with Crippen molar-refractivity contribution in [1.82, 2.24) is 0 Å². The minimum absolute atomic E-state index is 0.142. The third kappa shape index (κ3) is 2.59. The van der Waals surface area contributed by atoms with Gasteiger partial charge in [0, 0.05) is 6.42 Å². The second-order valence-electron chi connectivity index (χ2n) is 3.57. The van der Waals surface area contributed by atoms with Crippen LogP contribution >= 0.6 is 0 Å². The van der Waals surface area contributed by atoms with Crippen LogP contribution < -0.4 is 0 Å². The maximum absolute atomic E-state index is 11.1. The number of unbranched alkanes of at least 4 members (excludes halogenated alkanes) is 2. The molecule has 0 aromatic heterocycles. The molecule has 0 radical (unpaired) electrons. The first-order chi connectivity index (χ1) is 5.74. The minimum Gasteiger partial charge on any atom is -0.367 e. The van der Waals surface area contributed by atoms with Gasteiger partial charge in [-0.1, -0.05) is 26.2 Å². The molecule has 12 heavy (non-hydrogen) atoms. The Morgan fingerprint density at radius 2 is 2.25 bits per heavy atom. The first-order valence-corrected chi connectivity index (χ1v) is 4.92. The Morgan fingerprint density at radius 1 is 1.50 bits per heavy atom. The summed E-state index contributed by atoms with van der Waals surface area (Å²) in [6.45, 7) is 4.03. The highest BCUT2D eigenvalue weighted by molar-refractivity contribution is 5.84. The van der Waals surface area contributed by atoms with E-state index in [1.807, 2.05) is 6.92 Å². The van der Waals surface area contributed by atoms with Gasteiger partial charge >= 0.3 is 0 Å². The molecule has 2 nitrogen and oxygen atoms in total. The largest absolute Gasteiger partial charge is 0.367 e. The number of Topliss-reactive ketones (excluding diaryl/α,β-unsaturated/α-hetero) is 1. The van der Waals surface area contributed by atoms with Crippen LogP contribution in [0.3, 0.4) is 0 Å². The van der Waals surface area contributed by atoms with Crippen LogP contribution in [0, 0.1) is 0 Å². The number of rotatable bonds is 4. The Hall–Kier alpha value is -0.370. The van der Waals surface area contributed by atoms with Crippen LogP contribution in [-0.4, -0.2) is 18.0 Å². The molecule has 1 rings (SSSR count). The Bertz CT molecular complexity index is 154. The predicted octanol–water partition coefficient (Wildman–Crippen LogP) is 2.31. The maximum atomic E-state index is 11.1. The molecule has 0 aromatic rings. The van der Waals surface area contributed by atoms with E-state index in [1.165, 1.54) is 19.3 Å². The van der Waals surface area contributed by atoms with Crippen LogP contribution in [-0.2, 0) is 9.53 Å². The van der Waals surface area contributed by atoms with Gasteiger partial charge in [-0.2, -0.15) is 0 Å². The van der Waals surface area contributed by atoms with E-state index in [-0.39, 0.29) is 18.0 Å². The van der Waals surface area contributed by atoms with Gasteiger partial charge < -0.3 is 4.74 Å².